The molecule has 0 saturated heterocycles. The molecule has 0 aromatic heterocycles. The lowest BCUT2D eigenvalue weighted by Crippen LogP contribution is -2.47. The number of hydrogen-bond acceptors (Lipinski definition) is 3. The number of ketones is 1. The van der Waals surface area contributed by atoms with Crippen LogP contribution in [0.2, 0.25) is 18.1 Å². The van der Waals surface area contributed by atoms with Gasteiger partial charge in [0.15, 0.2) is 14.1 Å². The van der Waals surface area contributed by atoms with E-state index < -0.39 is 20.5 Å². The second kappa shape index (κ2) is 3.85. The Morgan fingerprint density at radius 2 is 1.93 bits per heavy atom. The molecule has 1 N–H and O–H groups in total. The summed E-state index contributed by atoms with van der Waals surface area (Å²) in [6, 6.07) is 0. The van der Waals surface area contributed by atoms with E-state index in [1.54, 1.807) is 0 Å². The molecule has 0 amide bonds. The first-order chi connectivity index (χ1) is 6.65. The van der Waals surface area contributed by atoms with E-state index in [9.17, 15) is 9.90 Å². The summed E-state index contributed by atoms with van der Waals surface area (Å²) in [6.07, 6.45) is 1.46. The molecule has 15 heavy (non-hydrogen) atoms. The number of rotatable bonds is 2. The maximum Gasteiger partial charge on any atom is 0.193 e. The summed E-state index contributed by atoms with van der Waals surface area (Å²) in [5.74, 6) is -0.118. The second-order valence-corrected chi connectivity index (χ2v) is 10.3. The van der Waals surface area contributed by atoms with Crippen molar-refractivity contribution < 1.29 is 14.3 Å². The molecule has 1 rings (SSSR count). The average Bonchev–Trinajstić information content (AvgIpc) is 2.33. The summed E-state index contributed by atoms with van der Waals surface area (Å²) in [6.45, 7) is 10.5. The molecule has 0 saturated carbocycles. The van der Waals surface area contributed by atoms with Crippen LogP contribution in [0.4, 0.5) is 0 Å². The largest absolute Gasteiger partial charge is 0.404 e. The number of carbonyl (C=O) groups is 1. The zero-order valence-electron chi connectivity index (χ0n) is 10.1. The van der Waals surface area contributed by atoms with Gasteiger partial charge in [-0.15, -0.1) is 0 Å². The maximum atomic E-state index is 11.4. The zero-order chi connectivity index (χ0) is 11.9. The maximum absolute atomic E-state index is 11.4. The van der Waals surface area contributed by atoms with Crippen molar-refractivity contribution in [3.05, 3.63) is 12.2 Å². The first kappa shape index (κ1) is 12.6. The molecule has 0 radical (unpaired) electrons. The van der Waals surface area contributed by atoms with E-state index in [1.807, 2.05) is 0 Å². The van der Waals surface area contributed by atoms with Crippen LogP contribution < -0.4 is 0 Å². The van der Waals surface area contributed by atoms with Crippen molar-refractivity contribution in [2.45, 2.75) is 51.1 Å². The zero-order valence-corrected chi connectivity index (χ0v) is 11.1. The van der Waals surface area contributed by atoms with Crippen LogP contribution in [0.1, 0.15) is 20.8 Å². The standard InChI is InChI=1S/C11H20O3Si/c1-11(2,3)15(4,5)14-10-8(12)6-7-9(10)13/h6-8,10,12H,1-5H3/t8-,10+/m1/s1. The molecule has 0 aromatic carbocycles. The fourth-order valence-electron chi connectivity index (χ4n) is 1.18. The summed E-state index contributed by atoms with van der Waals surface area (Å²) >= 11 is 0. The van der Waals surface area contributed by atoms with Crippen molar-refractivity contribution in [1.82, 2.24) is 0 Å². The molecule has 1 aliphatic carbocycles. The lowest BCUT2D eigenvalue weighted by atomic mass is 10.2. The summed E-state index contributed by atoms with van der Waals surface area (Å²) in [5.41, 5.74) is 0. The van der Waals surface area contributed by atoms with Crippen molar-refractivity contribution in [3.63, 3.8) is 0 Å². The van der Waals surface area contributed by atoms with E-state index >= 15 is 0 Å². The van der Waals surface area contributed by atoms with Crippen molar-refractivity contribution in [3.8, 4) is 0 Å². The van der Waals surface area contributed by atoms with Crippen LogP contribution in [0.3, 0.4) is 0 Å². The Morgan fingerprint density at radius 3 is 2.27 bits per heavy atom. The topological polar surface area (TPSA) is 46.5 Å². The fourth-order valence-corrected chi connectivity index (χ4v) is 2.42. The Morgan fingerprint density at radius 1 is 1.40 bits per heavy atom. The number of hydrogen-bond donors (Lipinski definition) is 1. The van der Waals surface area contributed by atoms with E-state index in [4.69, 9.17) is 4.43 Å². The molecule has 1 aliphatic rings. The van der Waals surface area contributed by atoms with Crippen molar-refractivity contribution >= 4 is 14.1 Å². The smallest absolute Gasteiger partial charge is 0.193 e. The molecular formula is C11H20O3Si. The molecule has 0 heterocycles. The van der Waals surface area contributed by atoms with Gasteiger partial charge in [0.1, 0.15) is 12.2 Å². The van der Waals surface area contributed by atoms with E-state index in [2.05, 4.69) is 33.9 Å². The predicted molar refractivity (Wildman–Crippen MR) is 62.2 cm³/mol. The Bertz CT molecular complexity index is 289. The van der Waals surface area contributed by atoms with Crippen molar-refractivity contribution in [2.75, 3.05) is 0 Å². The van der Waals surface area contributed by atoms with Gasteiger partial charge in [-0.05, 0) is 30.3 Å². The number of aliphatic hydroxyl groups excluding tert-OH is 1. The highest BCUT2D eigenvalue weighted by atomic mass is 28.4. The molecule has 0 aliphatic heterocycles. The molecule has 0 bridgehead atoms. The number of aliphatic hydroxyl groups is 1. The van der Waals surface area contributed by atoms with Gasteiger partial charge in [0.2, 0.25) is 0 Å². The molecule has 0 spiro atoms. The summed E-state index contributed by atoms with van der Waals surface area (Å²) in [7, 11) is -1.97. The van der Waals surface area contributed by atoms with E-state index in [0.29, 0.717) is 0 Å². The van der Waals surface area contributed by atoms with Crippen molar-refractivity contribution in [2.24, 2.45) is 0 Å². The third kappa shape index (κ3) is 2.56. The summed E-state index contributed by atoms with van der Waals surface area (Å²) in [5, 5.41) is 9.63. The van der Waals surface area contributed by atoms with Crippen LogP contribution in [-0.4, -0.2) is 31.4 Å². The molecule has 0 fully saturated rings. The van der Waals surface area contributed by atoms with Gasteiger partial charge in [-0.3, -0.25) is 4.79 Å². The lowest BCUT2D eigenvalue weighted by Gasteiger charge is -2.38. The Kier molecular flexibility index (Phi) is 3.23. The minimum atomic E-state index is -1.97. The van der Waals surface area contributed by atoms with Gasteiger partial charge >= 0.3 is 0 Å². The van der Waals surface area contributed by atoms with Crippen LogP contribution in [0.15, 0.2) is 12.2 Å². The van der Waals surface area contributed by atoms with Gasteiger partial charge in [-0.25, -0.2) is 0 Å². The van der Waals surface area contributed by atoms with Crippen LogP contribution in [0.5, 0.6) is 0 Å². The summed E-state index contributed by atoms with van der Waals surface area (Å²) < 4.78 is 5.86. The SMILES string of the molecule is CC(C)(C)[Si](C)(C)O[C@@H]1C(=O)C=C[C@H]1O. The first-order valence-corrected chi connectivity index (χ1v) is 8.14. The van der Waals surface area contributed by atoms with Gasteiger partial charge < -0.3 is 9.53 Å². The Hall–Kier alpha value is -0.453. The van der Waals surface area contributed by atoms with Crippen LogP contribution in [0.25, 0.3) is 0 Å². The predicted octanol–water partition coefficient (Wildman–Crippen LogP) is 1.88. The van der Waals surface area contributed by atoms with Crippen molar-refractivity contribution in [1.29, 1.82) is 0 Å². The van der Waals surface area contributed by atoms with Gasteiger partial charge in [0.05, 0.1) is 0 Å². The fraction of sp³-hybridized carbons (Fsp3) is 0.727. The van der Waals surface area contributed by atoms with E-state index in [0.717, 1.165) is 0 Å². The minimum absolute atomic E-state index is 0.0512. The van der Waals surface area contributed by atoms with Gasteiger partial charge in [-0.2, -0.15) is 0 Å². The van der Waals surface area contributed by atoms with Crippen LogP contribution in [-0.2, 0) is 9.22 Å². The monoisotopic (exact) mass is 228 g/mol. The van der Waals surface area contributed by atoms with Gasteiger partial charge in [-0.1, -0.05) is 20.8 Å². The first-order valence-electron chi connectivity index (χ1n) is 5.23. The molecule has 4 heteroatoms. The third-order valence-corrected chi connectivity index (χ3v) is 7.73. The van der Waals surface area contributed by atoms with Gasteiger partial charge in [0.25, 0.3) is 0 Å². The van der Waals surface area contributed by atoms with E-state index in [-0.39, 0.29) is 10.8 Å². The Balaban J connectivity index is 2.74. The van der Waals surface area contributed by atoms with Crippen LogP contribution in [0, 0.1) is 0 Å². The third-order valence-electron chi connectivity index (χ3n) is 3.28. The van der Waals surface area contributed by atoms with Crippen LogP contribution >= 0.6 is 0 Å². The molecule has 0 unspecified atom stereocenters. The highest BCUT2D eigenvalue weighted by Crippen LogP contribution is 2.38. The molecule has 0 aromatic rings. The quantitative estimate of drug-likeness (QED) is 0.734. The second-order valence-electron chi connectivity index (χ2n) is 5.55. The summed E-state index contributed by atoms with van der Waals surface area (Å²) in [4.78, 5) is 11.4. The van der Waals surface area contributed by atoms with E-state index in [1.165, 1.54) is 12.2 Å². The average molecular weight is 228 g/mol. The number of carbonyl (C=O) groups excluding carboxylic acids is 1. The minimum Gasteiger partial charge on any atom is -0.404 e. The highest BCUT2D eigenvalue weighted by molar-refractivity contribution is 6.74. The molecule has 2 atom stereocenters. The lowest BCUT2D eigenvalue weighted by molar-refractivity contribution is -0.123. The molecule has 3 nitrogen and oxygen atoms in total. The normalized spacial score (nSPS) is 27.5. The van der Waals surface area contributed by atoms with Gasteiger partial charge in [0, 0.05) is 0 Å². The molecule has 86 valence electrons. The molecular weight excluding hydrogens is 208 g/mol. The Labute approximate surface area is 92.3 Å². The highest BCUT2D eigenvalue weighted by Gasteiger charge is 2.43.